The van der Waals surface area contributed by atoms with Crippen LogP contribution in [-0.2, 0) is 5.33 Å². The van der Waals surface area contributed by atoms with E-state index in [0.717, 1.165) is 26.6 Å². The third-order valence-corrected chi connectivity index (χ3v) is 3.78. The van der Waals surface area contributed by atoms with Gasteiger partial charge in [0.25, 0.3) is 5.91 Å². The lowest BCUT2D eigenvalue weighted by Crippen LogP contribution is -2.11. The second-order valence-corrected chi connectivity index (χ2v) is 5.78. The highest BCUT2D eigenvalue weighted by Gasteiger charge is 2.06. The van der Waals surface area contributed by atoms with Crippen molar-refractivity contribution in [2.24, 2.45) is 0 Å². The maximum atomic E-state index is 12.1. The molecule has 0 atom stereocenters. The van der Waals surface area contributed by atoms with Crippen LogP contribution >= 0.6 is 31.9 Å². The zero-order chi connectivity index (χ0) is 13.8. The summed E-state index contributed by atoms with van der Waals surface area (Å²) in [5.41, 5.74) is 3.69. The van der Waals surface area contributed by atoms with E-state index < -0.39 is 0 Å². The summed E-state index contributed by atoms with van der Waals surface area (Å²) in [7, 11) is 0. The van der Waals surface area contributed by atoms with Gasteiger partial charge in [-0.3, -0.25) is 4.79 Å². The summed E-state index contributed by atoms with van der Waals surface area (Å²) in [6, 6.07) is 13.4. The molecule has 0 aliphatic carbocycles. The number of carbonyl (C=O) groups is 1. The van der Waals surface area contributed by atoms with E-state index in [-0.39, 0.29) is 5.91 Å². The lowest BCUT2D eigenvalue weighted by molar-refractivity contribution is 0.102. The number of anilines is 1. The summed E-state index contributed by atoms with van der Waals surface area (Å²) in [5.74, 6) is -0.0985. The monoisotopic (exact) mass is 381 g/mol. The Labute approximate surface area is 129 Å². The van der Waals surface area contributed by atoms with Crippen LogP contribution in [0.2, 0.25) is 0 Å². The largest absolute Gasteiger partial charge is 0.322 e. The van der Waals surface area contributed by atoms with E-state index in [9.17, 15) is 4.79 Å². The minimum Gasteiger partial charge on any atom is -0.322 e. The van der Waals surface area contributed by atoms with E-state index in [1.54, 1.807) is 0 Å². The van der Waals surface area contributed by atoms with Crippen LogP contribution in [0.15, 0.2) is 46.9 Å². The summed E-state index contributed by atoms with van der Waals surface area (Å²) in [6.07, 6.45) is 0. The Balaban J connectivity index is 2.15. The van der Waals surface area contributed by atoms with Crippen LogP contribution in [0.5, 0.6) is 0 Å². The first-order valence-electron chi connectivity index (χ1n) is 5.82. The van der Waals surface area contributed by atoms with Gasteiger partial charge >= 0.3 is 0 Å². The van der Waals surface area contributed by atoms with Gasteiger partial charge < -0.3 is 5.32 Å². The van der Waals surface area contributed by atoms with Gasteiger partial charge in [-0.25, -0.2) is 0 Å². The SMILES string of the molecule is Cc1cc(Br)cc(NC(=O)c2ccc(CBr)cc2)c1. The van der Waals surface area contributed by atoms with Crippen molar-refractivity contribution in [3.63, 3.8) is 0 Å². The highest BCUT2D eigenvalue weighted by atomic mass is 79.9. The summed E-state index contributed by atoms with van der Waals surface area (Å²) in [4.78, 5) is 12.1. The van der Waals surface area contributed by atoms with Crippen molar-refractivity contribution in [1.29, 1.82) is 0 Å². The van der Waals surface area contributed by atoms with Crippen LogP contribution in [0.1, 0.15) is 21.5 Å². The number of hydrogen-bond acceptors (Lipinski definition) is 1. The molecule has 0 fully saturated rings. The molecule has 4 heteroatoms. The number of aryl methyl sites for hydroxylation is 1. The molecule has 0 radical (unpaired) electrons. The molecule has 1 amide bonds. The van der Waals surface area contributed by atoms with Gasteiger partial charge in [0.1, 0.15) is 0 Å². The van der Waals surface area contributed by atoms with Gasteiger partial charge in [0.15, 0.2) is 0 Å². The van der Waals surface area contributed by atoms with Crippen molar-refractivity contribution in [2.75, 3.05) is 5.32 Å². The highest BCUT2D eigenvalue weighted by molar-refractivity contribution is 9.10. The zero-order valence-corrected chi connectivity index (χ0v) is 13.6. The van der Waals surface area contributed by atoms with Crippen LogP contribution in [0.4, 0.5) is 5.69 Å². The maximum absolute atomic E-state index is 12.1. The van der Waals surface area contributed by atoms with E-state index in [0.29, 0.717) is 5.56 Å². The van der Waals surface area contributed by atoms with Crippen molar-refractivity contribution in [2.45, 2.75) is 12.3 Å². The minimum absolute atomic E-state index is 0.0985. The topological polar surface area (TPSA) is 29.1 Å². The van der Waals surface area contributed by atoms with E-state index in [2.05, 4.69) is 37.2 Å². The van der Waals surface area contributed by atoms with E-state index in [4.69, 9.17) is 0 Å². The number of halogens is 2. The lowest BCUT2D eigenvalue weighted by Gasteiger charge is -2.07. The summed E-state index contributed by atoms with van der Waals surface area (Å²) >= 11 is 6.80. The van der Waals surface area contributed by atoms with Gasteiger partial charge in [-0.2, -0.15) is 0 Å². The van der Waals surface area contributed by atoms with E-state index in [1.165, 1.54) is 0 Å². The molecule has 2 nitrogen and oxygen atoms in total. The minimum atomic E-state index is -0.0985. The first-order chi connectivity index (χ1) is 9.08. The zero-order valence-electron chi connectivity index (χ0n) is 10.4. The predicted octanol–water partition coefficient (Wildman–Crippen LogP) is 4.90. The molecule has 2 rings (SSSR count). The third kappa shape index (κ3) is 3.91. The summed E-state index contributed by atoms with van der Waals surface area (Å²) in [6.45, 7) is 1.99. The Morgan fingerprint density at radius 3 is 2.42 bits per heavy atom. The van der Waals surface area contributed by atoms with Crippen molar-refractivity contribution in [3.05, 3.63) is 63.6 Å². The van der Waals surface area contributed by atoms with Gasteiger partial charge in [-0.15, -0.1) is 0 Å². The average Bonchev–Trinajstić information content (AvgIpc) is 2.37. The van der Waals surface area contributed by atoms with Gasteiger partial charge in [0.2, 0.25) is 0 Å². The van der Waals surface area contributed by atoms with Crippen LogP contribution in [0, 0.1) is 6.92 Å². The molecule has 0 aliphatic heterocycles. The molecular weight excluding hydrogens is 370 g/mol. The number of amides is 1. The Hall–Kier alpha value is -1.13. The molecule has 0 aliphatic rings. The Morgan fingerprint density at radius 2 is 1.84 bits per heavy atom. The molecular formula is C15H13Br2NO. The molecule has 0 spiro atoms. The van der Waals surface area contributed by atoms with E-state index >= 15 is 0 Å². The van der Waals surface area contributed by atoms with Crippen molar-refractivity contribution in [3.8, 4) is 0 Å². The fourth-order valence-corrected chi connectivity index (χ4v) is 2.74. The molecule has 2 aromatic rings. The van der Waals surface area contributed by atoms with Gasteiger partial charge in [0.05, 0.1) is 0 Å². The smallest absolute Gasteiger partial charge is 0.255 e. The molecule has 1 N–H and O–H groups in total. The second-order valence-electron chi connectivity index (χ2n) is 4.30. The maximum Gasteiger partial charge on any atom is 0.255 e. The fourth-order valence-electron chi connectivity index (χ4n) is 1.76. The van der Waals surface area contributed by atoms with Crippen LogP contribution in [0.25, 0.3) is 0 Å². The van der Waals surface area contributed by atoms with Gasteiger partial charge in [0, 0.05) is 21.1 Å². The van der Waals surface area contributed by atoms with Crippen molar-refractivity contribution >= 4 is 43.5 Å². The van der Waals surface area contributed by atoms with Gasteiger partial charge in [-0.05, 0) is 48.4 Å². The quantitative estimate of drug-likeness (QED) is 0.751. The molecule has 2 aromatic carbocycles. The van der Waals surface area contributed by atoms with Crippen LogP contribution in [0.3, 0.4) is 0 Å². The number of benzene rings is 2. The normalized spacial score (nSPS) is 10.3. The van der Waals surface area contributed by atoms with Crippen LogP contribution in [-0.4, -0.2) is 5.91 Å². The number of hydrogen-bond donors (Lipinski definition) is 1. The number of carbonyl (C=O) groups excluding carboxylic acids is 1. The molecule has 0 aromatic heterocycles. The second kappa shape index (κ2) is 6.35. The number of nitrogens with one attached hydrogen (secondary N) is 1. The van der Waals surface area contributed by atoms with Crippen molar-refractivity contribution < 1.29 is 4.79 Å². The standard InChI is InChI=1S/C15H13Br2NO/c1-10-6-13(17)8-14(7-10)18-15(19)12-4-2-11(9-16)3-5-12/h2-8H,9H2,1H3,(H,18,19). The molecule has 0 bridgehead atoms. The van der Waals surface area contributed by atoms with Crippen LogP contribution < -0.4 is 5.32 Å². The molecule has 19 heavy (non-hydrogen) atoms. The lowest BCUT2D eigenvalue weighted by atomic mass is 10.1. The molecule has 98 valence electrons. The Kier molecular flexibility index (Phi) is 4.77. The number of rotatable bonds is 3. The van der Waals surface area contributed by atoms with Gasteiger partial charge in [-0.1, -0.05) is 44.0 Å². The Morgan fingerprint density at radius 1 is 1.16 bits per heavy atom. The Bertz CT molecular complexity index is 573. The predicted molar refractivity (Wildman–Crippen MR) is 85.9 cm³/mol. The van der Waals surface area contributed by atoms with Crippen molar-refractivity contribution in [1.82, 2.24) is 0 Å². The fraction of sp³-hybridized carbons (Fsp3) is 0.133. The number of alkyl halides is 1. The van der Waals surface area contributed by atoms with E-state index in [1.807, 2.05) is 49.4 Å². The first kappa shape index (κ1) is 14.3. The molecule has 0 heterocycles. The summed E-state index contributed by atoms with van der Waals surface area (Å²) < 4.78 is 0.956. The third-order valence-electron chi connectivity index (χ3n) is 2.67. The molecule has 0 saturated heterocycles. The summed E-state index contributed by atoms with van der Waals surface area (Å²) in [5, 5.41) is 3.69. The molecule has 0 unspecified atom stereocenters. The first-order valence-corrected chi connectivity index (χ1v) is 7.73. The highest BCUT2D eigenvalue weighted by Crippen LogP contribution is 2.20. The average molecular weight is 383 g/mol. The molecule has 0 saturated carbocycles.